The topological polar surface area (TPSA) is 60.2 Å². The quantitative estimate of drug-likeness (QED) is 0.849. The van der Waals surface area contributed by atoms with E-state index in [-0.39, 0.29) is 0 Å². The number of hydrogen-bond acceptors (Lipinski definition) is 4. The molecule has 1 aromatic heterocycles. The number of nitrogens with zero attached hydrogens (tertiary/aromatic N) is 1. The van der Waals surface area contributed by atoms with Crippen LogP contribution in [-0.4, -0.2) is 12.1 Å². The molecule has 2 aromatic rings. The van der Waals surface area contributed by atoms with E-state index < -0.39 is 0 Å². The SMILES string of the molecule is COc1cccc(Nc2cc(C)c(N)cn2)c1. The van der Waals surface area contributed by atoms with Crippen LogP contribution in [0.3, 0.4) is 0 Å². The first-order valence-corrected chi connectivity index (χ1v) is 5.32. The van der Waals surface area contributed by atoms with Gasteiger partial charge in [0, 0.05) is 11.8 Å². The van der Waals surface area contributed by atoms with Crippen LogP contribution < -0.4 is 15.8 Å². The lowest BCUT2D eigenvalue weighted by Crippen LogP contribution is -1.97. The molecule has 0 fully saturated rings. The van der Waals surface area contributed by atoms with Crippen LogP contribution in [0.5, 0.6) is 5.75 Å². The molecule has 0 unspecified atom stereocenters. The van der Waals surface area contributed by atoms with Gasteiger partial charge in [-0.1, -0.05) is 6.07 Å². The van der Waals surface area contributed by atoms with Crippen LogP contribution in [-0.2, 0) is 0 Å². The number of benzene rings is 1. The third kappa shape index (κ3) is 2.66. The molecule has 0 aliphatic carbocycles. The first-order chi connectivity index (χ1) is 8.19. The predicted molar refractivity (Wildman–Crippen MR) is 69.7 cm³/mol. The van der Waals surface area contributed by atoms with Gasteiger partial charge in [-0.05, 0) is 30.7 Å². The van der Waals surface area contributed by atoms with Gasteiger partial charge in [0.1, 0.15) is 11.6 Å². The van der Waals surface area contributed by atoms with Gasteiger partial charge in [0.2, 0.25) is 0 Å². The number of nitrogens with one attached hydrogen (secondary N) is 1. The Morgan fingerprint density at radius 1 is 1.29 bits per heavy atom. The van der Waals surface area contributed by atoms with E-state index in [9.17, 15) is 0 Å². The van der Waals surface area contributed by atoms with Gasteiger partial charge in [0.15, 0.2) is 0 Å². The minimum Gasteiger partial charge on any atom is -0.497 e. The maximum Gasteiger partial charge on any atom is 0.130 e. The Labute approximate surface area is 100 Å². The van der Waals surface area contributed by atoms with Crippen molar-refractivity contribution in [2.45, 2.75) is 6.92 Å². The fraction of sp³-hybridized carbons (Fsp3) is 0.154. The molecule has 3 N–H and O–H groups in total. The van der Waals surface area contributed by atoms with Gasteiger partial charge in [0.05, 0.1) is 19.0 Å². The molecule has 1 aromatic carbocycles. The second kappa shape index (κ2) is 4.74. The molecule has 0 saturated carbocycles. The number of rotatable bonds is 3. The van der Waals surface area contributed by atoms with E-state index in [0.29, 0.717) is 5.69 Å². The highest BCUT2D eigenvalue weighted by Crippen LogP contribution is 2.21. The minimum absolute atomic E-state index is 0.696. The Balaban J connectivity index is 2.22. The van der Waals surface area contributed by atoms with Crippen molar-refractivity contribution in [2.24, 2.45) is 0 Å². The number of methoxy groups -OCH3 is 1. The molecule has 0 amide bonds. The first kappa shape index (κ1) is 11.3. The zero-order valence-corrected chi connectivity index (χ0v) is 9.90. The molecule has 4 nitrogen and oxygen atoms in total. The molecule has 0 bridgehead atoms. The third-order valence-corrected chi connectivity index (χ3v) is 2.49. The van der Waals surface area contributed by atoms with Gasteiger partial charge in [-0.3, -0.25) is 0 Å². The Bertz CT molecular complexity index is 526. The minimum atomic E-state index is 0.696. The lowest BCUT2D eigenvalue weighted by Gasteiger charge is -2.08. The van der Waals surface area contributed by atoms with Crippen LogP contribution in [0, 0.1) is 6.92 Å². The molecule has 1 heterocycles. The highest BCUT2D eigenvalue weighted by atomic mass is 16.5. The average molecular weight is 229 g/mol. The number of pyridine rings is 1. The first-order valence-electron chi connectivity index (χ1n) is 5.32. The van der Waals surface area contributed by atoms with E-state index in [1.54, 1.807) is 13.3 Å². The van der Waals surface area contributed by atoms with E-state index in [4.69, 9.17) is 10.5 Å². The zero-order chi connectivity index (χ0) is 12.3. The normalized spacial score (nSPS) is 10.0. The number of hydrogen-bond donors (Lipinski definition) is 2. The van der Waals surface area contributed by atoms with E-state index in [2.05, 4.69) is 10.3 Å². The molecule has 0 aliphatic rings. The van der Waals surface area contributed by atoms with Crippen LogP contribution in [0.2, 0.25) is 0 Å². The predicted octanol–water partition coefficient (Wildman–Crippen LogP) is 2.72. The smallest absolute Gasteiger partial charge is 0.130 e. The van der Waals surface area contributed by atoms with Gasteiger partial charge in [-0.15, -0.1) is 0 Å². The molecular weight excluding hydrogens is 214 g/mol. The largest absolute Gasteiger partial charge is 0.497 e. The lowest BCUT2D eigenvalue weighted by atomic mass is 10.2. The number of nitrogen functional groups attached to an aromatic ring is 1. The van der Waals surface area contributed by atoms with Crippen molar-refractivity contribution in [1.29, 1.82) is 0 Å². The Hall–Kier alpha value is -2.23. The summed E-state index contributed by atoms with van der Waals surface area (Å²) in [7, 11) is 1.64. The van der Waals surface area contributed by atoms with Crippen molar-refractivity contribution < 1.29 is 4.74 Å². The molecule has 0 spiro atoms. The molecule has 2 rings (SSSR count). The average Bonchev–Trinajstić information content (AvgIpc) is 2.34. The summed E-state index contributed by atoms with van der Waals surface area (Å²) in [5, 5.41) is 3.20. The molecule has 0 saturated heterocycles. The van der Waals surface area contributed by atoms with Crippen molar-refractivity contribution >= 4 is 17.2 Å². The molecule has 0 aliphatic heterocycles. The summed E-state index contributed by atoms with van der Waals surface area (Å²) >= 11 is 0. The summed E-state index contributed by atoms with van der Waals surface area (Å²) in [6, 6.07) is 9.59. The molecule has 0 radical (unpaired) electrons. The Morgan fingerprint density at radius 2 is 2.12 bits per heavy atom. The van der Waals surface area contributed by atoms with Gasteiger partial charge >= 0.3 is 0 Å². The number of aryl methyl sites for hydroxylation is 1. The molecule has 4 heteroatoms. The second-order valence-corrected chi connectivity index (χ2v) is 3.78. The maximum absolute atomic E-state index is 5.72. The number of anilines is 3. The summed E-state index contributed by atoms with van der Waals surface area (Å²) in [4.78, 5) is 4.21. The van der Waals surface area contributed by atoms with Gasteiger partial charge in [0.25, 0.3) is 0 Å². The summed E-state index contributed by atoms with van der Waals surface area (Å²) in [5.74, 6) is 1.58. The summed E-state index contributed by atoms with van der Waals surface area (Å²) in [6.45, 7) is 1.95. The van der Waals surface area contributed by atoms with Crippen LogP contribution in [0.4, 0.5) is 17.2 Å². The summed E-state index contributed by atoms with van der Waals surface area (Å²) in [5.41, 5.74) is 8.35. The third-order valence-electron chi connectivity index (χ3n) is 2.49. The van der Waals surface area contributed by atoms with Crippen LogP contribution >= 0.6 is 0 Å². The van der Waals surface area contributed by atoms with Crippen LogP contribution in [0.25, 0.3) is 0 Å². The van der Waals surface area contributed by atoms with E-state index in [1.165, 1.54) is 0 Å². The monoisotopic (exact) mass is 229 g/mol. The van der Waals surface area contributed by atoms with Crippen molar-refractivity contribution in [3.63, 3.8) is 0 Å². The molecule has 88 valence electrons. The highest BCUT2D eigenvalue weighted by Gasteiger charge is 2.00. The van der Waals surface area contributed by atoms with Gasteiger partial charge in [-0.25, -0.2) is 4.98 Å². The van der Waals surface area contributed by atoms with Crippen LogP contribution in [0.1, 0.15) is 5.56 Å². The fourth-order valence-electron chi connectivity index (χ4n) is 1.48. The van der Waals surface area contributed by atoms with E-state index >= 15 is 0 Å². The van der Waals surface area contributed by atoms with Crippen molar-refractivity contribution in [3.05, 3.63) is 42.1 Å². The van der Waals surface area contributed by atoms with Gasteiger partial charge < -0.3 is 15.8 Å². The summed E-state index contributed by atoms with van der Waals surface area (Å²) in [6.07, 6.45) is 1.65. The van der Waals surface area contributed by atoms with Crippen molar-refractivity contribution in [3.8, 4) is 5.75 Å². The fourth-order valence-corrected chi connectivity index (χ4v) is 1.48. The highest BCUT2D eigenvalue weighted by molar-refractivity contribution is 5.61. The molecule has 17 heavy (non-hydrogen) atoms. The molecular formula is C13H15N3O. The van der Waals surface area contributed by atoms with E-state index in [0.717, 1.165) is 22.8 Å². The second-order valence-electron chi connectivity index (χ2n) is 3.78. The van der Waals surface area contributed by atoms with Gasteiger partial charge in [-0.2, -0.15) is 0 Å². The standard InChI is InChI=1S/C13H15N3O/c1-9-6-13(15-8-12(9)14)16-10-4-3-5-11(7-10)17-2/h3-8H,14H2,1-2H3,(H,15,16). The van der Waals surface area contributed by atoms with Crippen LogP contribution in [0.15, 0.2) is 36.5 Å². The summed E-state index contributed by atoms with van der Waals surface area (Å²) < 4.78 is 5.15. The number of aromatic nitrogens is 1. The van der Waals surface area contributed by atoms with E-state index in [1.807, 2.05) is 37.3 Å². The molecule has 0 atom stereocenters. The Kier molecular flexibility index (Phi) is 3.14. The zero-order valence-electron chi connectivity index (χ0n) is 9.90. The maximum atomic E-state index is 5.72. The lowest BCUT2D eigenvalue weighted by molar-refractivity contribution is 0.415. The van der Waals surface area contributed by atoms with Crippen molar-refractivity contribution in [1.82, 2.24) is 4.98 Å². The number of ether oxygens (including phenoxy) is 1. The Morgan fingerprint density at radius 3 is 2.82 bits per heavy atom. The number of nitrogens with two attached hydrogens (primary N) is 1. The van der Waals surface area contributed by atoms with Crippen molar-refractivity contribution in [2.75, 3.05) is 18.2 Å².